The molecule has 0 aliphatic carbocycles. The fraction of sp³-hybridized carbons (Fsp3) is 0.596. The molecule has 0 aromatic heterocycles. The molecule has 2 saturated heterocycles. The number of aliphatic carboxylic acids is 1. The minimum Gasteiger partial charge on any atom is -0.481 e. The van der Waals surface area contributed by atoms with E-state index in [0.29, 0.717) is 42.8 Å². The molecule has 0 spiro atoms. The molecule has 5 rings (SSSR count). The van der Waals surface area contributed by atoms with Gasteiger partial charge in [-0.25, -0.2) is 0 Å². The highest BCUT2D eigenvalue weighted by Crippen LogP contribution is 2.28. The molecule has 3 aliphatic heterocycles. The van der Waals surface area contributed by atoms with Gasteiger partial charge in [-0.2, -0.15) is 23.5 Å². The number of benzene rings is 2. The number of Topliss-reactive ketones (excluding diaryl/α,β-unsaturated/α-hetero) is 1. The number of carbonyl (C=O) groups is 9. The molecule has 8 N–H and O–H groups in total. The third-order valence-corrected chi connectivity index (χ3v) is 15.6. The minimum absolute atomic E-state index is 0.0645. The maximum atomic E-state index is 14.7. The molecule has 73 heavy (non-hydrogen) atoms. The number of ketones is 1. The van der Waals surface area contributed by atoms with Gasteiger partial charge in [-0.3, -0.25) is 43.2 Å². The summed E-state index contributed by atoms with van der Waals surface area (Å²) in [5.74, 6) is -5.25. The van der Waals surface area contributed by atoms with E-state index in [-0.39, 0.29) is 55.0 Å². The highest BCUT2D eigenvalue weighted by atomic mass is 32.2. The minimum atomic E-state index is -1.80. The van der Waals surface area contributed by atoms with Crippen LogP contribution in [0.2, 0.25) is 0 Å². The number of aliphatic hydroxyl groups is 1. The Balaban J connectivity index is 1.52. The molecule has 2 aromatic rings. The van der Waals surface area contributed by atoms with Crippen LogP contribution in [-0.4, -0.2) is 159 Å². The summed E-state index contributed by atoms with van der Waals surface area (Å²) in [6.45, 7) is 9.17. The molecule has 2 aromatic carbocycles. The van der Waals surface area contributed by atoms with Crippen molar-refractivity contribution in [1.29, 1.82) is 0 Å². The van der Waals surface area contributed by atoms with Crippen molar-refractivity contribution < 1.29 is 53.4 Å². The zero-order valence-electron chi connectivity index (χ0n) is 42.8. The van der Waals surface area contributed by atoms with Gasteiger partial charge in [0.2, 0.25) is 41.4 Å². The van der Waals surface area contributed by atoms with Gasteiger partial charge in [-0.15, -0.1) is 0 Å². The number of carboxylic acid groups (broad SMARTS) is 1. The number of nitrogens with zero attached hydrogens (tertiary/aromatic N) is 2. The van der Waals surface area contributed by atoms with E-state index in [1.165, 1.54) is 47.2 Å². The number of aliphatic hydroxyl groups excluding tert-OH is 1. The Kier molecular flexibility index (Phi) is 22.6. The maximum Gasteiger partial charge on any atom is 0.305 e. The van der Waals surface area contributed by atoms with Crippen molar-refractivity contribution in [2.75, 3.05) is 31.6 Å². The van der Waals surface area contributed by atoms with Crippen molar-refractivity contribution in [1.82, 2.24) is 41.7 Å². The Morgan fingerprint density at radius 3 is 1.96 bits per heavy atom. The number of likely N-dealkylation sites (N-methyl/N-ethyl adjacent to an activating group) is 1. The van der Waals surface area contributed by atoms with Gasteiger partial charge in [-0.1, -0.05) is 82.1 Å². The molecule has 0 radical (unpaired) electrons. The number of unbranched alkanes of at least 4 members (excludes halogenated alkanes) is 1. The van der Waals surface area contributed by atoms with Crippen LogP contribution in [0.4, 0.5) is 0 Å². The number of hydrogen-bond acceptors (Lipinski definition) is 13. The third kappa shape index (κ3) is 16.7. The summed E-state index contributed by atoms with van der Waals surface area (Å²) in [5.41, 5.74) is 3.65. The molecular weight excluding hydrogens is 977 g/mol. The van der Waals surface area contributed by atoms with Gasteiger partial charge < -0.3 is 51.9 Å². The van der Waals surface area contributed by atoms with Crippen molar-refractivity contribution in [2.45, 2.75) is 164 Å². The summed E-state index contributed by atoms with van der Waals surface area (Å²) in [4.78, 5) is 127. The first-order valence-electron chi connectivity index (χ1n) is 25.3. The Bertz CT molecular complexity index is 2290. The molecular formula is C52H74N8O11S2. The van der Waals surface area contributed by atoms with E-state index in [1.54, 1.807) is 37.4 Å². The van der Waals surface area contributed by atoms with Crippen molar-refractivity contribution in [2.24, 2.45) is 0 Å². The summed E-state index contributed by atoms with van der Waals surface area (Å²) in [7, 11) is 1.70. The lowest BCUT2D eigenvalue weighted by molar-refractivity contribution is -0.148. The first-order valence-corrected chi connectivity index (χ1v) is 27.6. The molecule has 0 unspecified atom stereocenters. The maximum absolute atomic E-state index is 14.7. The topological polar surface area (TPSA) is 273 Å². The lowest BCUT2D eigenvalue weighted by Gasteiger charge is -2.34. The molecule has 2 fully saturated rings. The van der Waals surface area contributed by atoms with Crippen LogP contribution in [0.3, 0.4) is 0 Å². The summed E-state index contributed by atoms with van der Waals surface area (Å²) >= 11 is 2.89. The van der Waals surface area contributed by atoms with Crippen molar-refractivity contribution >= 4 is 76.6 Å². The SMILES string of the molecule is CCCC[C@H](NC)C(=O)N[C@H]1CSCc2cc(cc(C(C)C)c2)CSC[C@@H](C(C)=O)NC(=O)[C@H](Cc2ccccc2)NC(=O)[C@@H](CC(=O)O)NC(=O)[C@H]([C@@H](C)O)NC(=O)[C@@H]2CCCN2C(=O)[C@@H]2CCCN2C1=O. The molecule has 21 heteroatoms. The highest BCUT2D eigenvalue weighted by Gasteiger charge is 2.45. The van der Waals surface area contributed by atoms with Crippen LogP contribution in [-0.2, 0) is 61.1 Å². The quantitative estimate of drug-likeness (QED) is 0.143. The second-order valence-electron chi connectivity index (χ2n) is 19.5. The van der Waals surface area contributed by atoms with Gasteiger partial charge in [0.1, 0.15) is 36.3 Å². The second kappa shape index (κ2) is 28.2. The largest absolute Gasteiger partial charge is 0.481 e. The van der Waals surface area contributed by atoms with E-state index in [2.05, 4.69) is 63.9 Å². The Morgan fingerprint density at radius 2 is 1.37 bits per heavy atom. The first kappa shape index (κ1) is 58.4. The molecule has 400 valence electrons. The van der Waals surface area contributed by atoms with Gasteiger partial charge in [0.05, 0.1) is 24.6 Å². The van der Waals surface area contributed by atoms with E-state index >= 15 is 0 Å². The zero-order valence-corrected chi connectivity index (χ0v) is 44.4. The normalized spacial score (nSPS) is 25.2. The van der Waals surface area contributed by atoms with Crippen LogP contribution in [0.1, 0.15) is 114 Å². The van der Waals surface area contributed by atoms with Crippen molar-refractivity contribution in [3.8, 4) is 0 Å². The zero-order chi connectivity index (χ0) is 53.4. The van der Waals surface area contributed by atoms with Crippen LogP contribution in [0.25, 0.3) is 0 Å². The van der Waals surface area contributed by atoms with Crippen molar-refractivity contribution in [3.05, 3.63) is 70.8 Å². The number of rotatable bonds is 13. The lowest BCUT2D eigenvalue weighted by Crippen LogP contribution is -2.61. The average molecular weight is 1050 g/mol. The summed E-state index contributed by atoms with van der Waals surface area (Å²) in [6, 6.07) is 5.52. The van der Waals surface area contributed by atoms with Crippen LogP contribution >= 0.6 is 23.5 Å². The monoisotopic (exact) mass is 1050 g/mol. The molecule has 3 heterocycles. The van der Waals surface area contributed by atoms with E-state index in [4.69, 9.17) is 0 Å². The smallest absolute Gasteiger partial charge is 0.305 e. The number of hydrogen-bond donors (Lipinski definition) is 8. The molecule has 19 nitrogen and oxygen atoms in total. The third-order valence-electron chi connectivity index (χ3n) is 13.4. The van der Waals surface area contributed by atoms with Crippen LogP contribution in [0, 0.1) is 0 Å². The standard InChI is InChI=1S/C52H74N8O11S2/c1-7-8-16-37(53-6)46(65)57-41-29-73-27-35-21-34(22-36(23-35)30(2)3)26-72-28-40(31(4)61)56-47(66)38(24-33-14-10-9-11-15-33)54-48(67)39(25-44(63)64)55-50(69)45(32(5)62)58-49(68)42-17-12-19-59(42)52(71)43-18-13-20-60(43)51(41)70/h9-11,14-15,21-23,30,32,37-43,45,53,62H,7-8,12-13,16-20,24-29H2,1-6H3,(H,54,67)(H,55,69)(H,56,66)(H,57,65)(H,58,68)(H,63,64)/t32-,37+,38+,39-,40+,41+,42+,43+,45+/m1/s1. The predicted molar refractivity (Wildman–Crippen MR) is 279 cm³/mol. The predicted octanol–water partition coefficient (Wildman–Crippen LogP) is 2.16. The number of amides is 7. The Labute approximate surface area is 436 Å². The fourth-order valence-corrected chi connectivity index (χ4v) is 11.3. The number of carboxylic acids is 1. The molecule has 3 aliphatic rings. The number of carbonyl (C=O) groups excluding carboxylic acids is 8. The Hall–Kier alpha value is -5.51. The average Bonchev–Trinajstić information content (AvgIpc) is 4.06. The lowest BCUT2D eigenvalue weighted by atomic mass is 9.99. The number of fused-ring (bicyclic) bond motifs is 4. The van der Waals surface area contributed by atoms with E-state index in [9.17, 15) is 53.4 Å². The number of nitrogens with one attached hydrogen (secondary N) is 6. The van der Waals surface area contributed by atoms with Gasteiger partial charge >= 0.3 is 5.97 Å². The van der Waals surface area contributed by atoms with Gasteiger partial charge in [-0.05, 0) is 81.2 Å². The summed E-state index contributed by atoms with van der Waals surface area (Å²) < 4.78 is 0. The van der Waals surface area contributed by atoms with Gasteiger partial charge in [0, 0.05) is 42.5 Å². The molecule has 2 bridgehead atoms. The van der Waals surface area contributed by atoms with E-state index in [1.807, 2.05) is 6.92 Å². The van der Waals surface area contributed by atoms with E-state index in [0.717, 1.165) is 29.5 Å². The Morgan fingerprint density at radius 1 is 0.767 bits per heavy atom. The number of thioether (sulfide) groups is 2. The van der Waals surface area contributed by atoms with Crippen LogP contribution in [0.15, 0.2) is 48.5 Å². The fourth-order valence-electron chi connectivity index (χ4n) is 9.29. The van der Waals surface area contributed by atoms with Crippen molar-refractivity contribution in [3.63, 3.8) is 0 Å². The first-order chi connectivity index (χ1) is 34.8. The van der Waals surface area contributed by atoms with Crippen LogP contribution < -0.4 is 31.9 Å². The molecule has 0 saturated carbocycles. The molecule has 9 atom stereocenters. The van der Waals surface area contributed by atoms with Gasteiger partial charge in [0.15, 0.2) is 5.78 Å². The molecule has 7 amide bonds. The second-order valence-corrected chi connectivity index (χ2v) is 21.6. The van der Waals surface area contributed by atoms with Gasteiger partial charge in [0.25, 0.3) is 0 Å². The summed E-state index contributed by atoms with van der Waals surface area (Å²) in [5, 5.41) is 37.0. The van der Waals surface area contributed by atoms with Crippen LogP contribution in [0.5, 0.6) is 0 Å². The highest BCUT2D eigenvalue weighted by molar-refractivity contribution is 7.98. The summed E-state index contributed by atoms with van der Waals surface area (Å²) in [6.07, 6.45) is 1.07. The van der Waals surface area contributed by atoms with E-state index < -0.39 is 102 Å².